The Labute approximate surface area is 120 Å². The van der Waals surface area contributed by atoms with Crippen LogP contribution < -0.4 is 5.73 Å². The number of H-pyrrole nitrogens is 1. The van der Waals surface area contributed by atoms with Gasteiger partial charge in [0.25, 0.3) is 0 Å². The molecule has 2 aromatic rings. The number of nitrogens with two attached hydrogens (primary N) is 1. The van der Waals surface area contributed by atoms with Gasteiger partial charge in [0.2, 0.25) is 11.8 Å². The van der Waals surface area contributed by atoms with E-state index in [4.69, 9.17) is 5.73 Å². The van der Waals surface area contributed by atoms with E-state index >= 15 is 0 Å². The van der Waals surface area contributed by atoms with Crippen molar-refractivity contribution in [2.75, 3.05) is 6.54 Å². The zero-order valence-corrected chi connectivity index (χ0v) is 11.4. The molecule has 0 saturated carbocycles. The van der Waals surface area contributed by atoms with E-state index < -0.39 is 11.9 Å². The maximum Gasteiger partial charge on any atom is 0.240 e. The first-order chi connectivity index (χ1) is 10.1. The van der Waals surface area contributed by atoms with Crippen LogP contribution in [0.2, 0.25) is 0 Å². The first kappa shape index (κ1) is 13.6. The van der Waals surface area contributed by atoms with Crippen molar-refractivity contribution < 1.29 is 14.0 Å². The molecule has 0 aliphatic carbocycles. The molecule has 1 saturated heterocycles. The number of nitrogens with zero attached hydrogens (tertiary/aromatic N) is 1. The van der Waals surface area contributed by atoms with Crippen molar-refractivity contribution in [1.82, 2.24) is 9.88 Å². The van der Waals surface area contributed by atoms with Crippen molar-refractivity contribution in [2.45, 2.75) is 25.3 Å². The fourth-order valence-corrected chi connectivity index (χ4v) is 2.93. The molecule has 110 valence electrons. The number of primary amides is 1. The van der Waals surface area contributed by atoms with Gasteiger partial charge in [-0.1, -0.05) is 0 Å². The van der Waals surface area contributed by atoms with Crippen molar-refractivity contribution in [3.63, 3.8) is 0 Å². The molecule has 3 N–H and O–H groups in total. The lowest BCUT2D eigenvalue weighted by molar-refractivity contribution is -0.136. The average Bonchev–Trinajstić information content (AvgIpc) is 3.05. The smallest absolute Gasteiger partial charge is 0.240 e. The molecule has 3 rings (SSSR count). The molecule has 1 aromatic carbocycles. The summed E-state index contributed by atoms with van der Waals surface area (Å²) in [7, 11) is 0. The fraction of sp³-hybridized carbons (Fsp3) is 0.333. The van der Waals surface area contributed by atoms with Crippen molar-refractivity contribution in [3.05, 3.63) is 35.8 Å². The van der Waals surface area contributed by atoms with Crippen LogP contribution >= 0.6 is 0 Å². The van der Waals surface area contributed by atoms with Crippen LogP contribution in [-0.2, 0) is 16.0 Å². The number of rotatable bonds is 3. The number of carbonyl (C=O) groups excluding carboxylic acids is 2. The standard InChI is InChI=1S/C15H16FN3O2/c16-10-3-4-11-9(8-18-12(11)7-10)6-14(20)19-5-1-2-13(19)15(17)21/h3-4,7-8,13,18H,1-2,5-6H2,(H2,17,21)/t13-/m1/s1. The second-order valence-electron chi connectivity index (χ2n) is 5.33. The van der Waals surface area contributed by atoms with Crippen LogP contribution in [0.3, 0.4) is 0 Å². The minimum atomic E-state index is -0.500. The predicted molar refractivity (Wildman–Crippen MR) is 75.9 cm³/mol. The van der Waals surface area contributed by atoms with Crippen molar-refractivity contribution in [2.24, 2.45) is 5.73 Å². The molecule has 2 amide bonds. The van der Waals surface area contributed by atoms with E-state index in [2.05, 4.69) is 4.98 Å². The molecule has 6 heteroatoms. The highest BCUT2D eigenvalue weighted by molar-refractivity contribution is 5.91. The zero-order chi connectivity index (χ0) is 15.0. The number of likely N-dealkylation sites (tertiary alicyclic amines) is 1. The highest BCUT2D eigenvalue weighted by atomic mass is 19.1. The van der Waals surface area contributed by atoms with Crippen LogP contribution in [-0.4, -0.2) is 34.3 Å². The summed E-state index contributed by atoms with van der Waals surface area (Å²) in [5.74, 6) is -0.904. The Balaban J connectivity index is 1.82. The quantitative estimate of drug-likeness (QED) is 0.894. The van der Waals surface area contributed by atoms with Gasteiger partial charge < -0.3 is 15.6 Å². The van der Waals surface area contributed by atoms with Crippen molar-refractivity contribution in [1.29, 1.82) is 0 Å². The number of amides is 2. The van der Waals surface area contributed by atoms with Gasteiger partial charge >= 0.3 is 0 Å². The third-order valence-electron chi connectivity index (χ3n) is 3.97. The lowest BCUT2D eigenvalue weighted by atomic mass is 10.1. The predicted octanol–water partition coefficient (Wildman–Crippen LogP) is 1.33. The molecular formula is C15H16FN3O2. The number of nitrogens with one attached hydrogen (secondary N) is 1. The highest BCUT2D eigenvalue weighted by Crippen LogP contribution is 2.23. The van der Waals surface area contributed by atoms with E-state index in [1.165, 1.54) is 12.1 Å². The fourth-order valence-electron chi connectivity index (χ4n) is 2.93. The van der Waals surface area contributed by atoms with Gasteiger partial charge in [-0.05, 0) is 36.6 Å². The molecule has 0 bridgehead atoms. The summed E-state index contributed by atoms with van der Waals surface area (Å²) < 4.78 is 13.1. The highest BCUT2D eigenvalue weighted by Gasteiger charge is 2.32. The third-order valence-corrected chi connectivity index (χ3v) is 3.97. The van der Waals surface area contributed by atoms with E-state index in [-0.39, 0.29) is 18.1 Å². The van der Waals surface area contributed by atoms with Gasteiger partial charge in [-0.25, -0.2) is 4.39 Å². The maximum atomic E-state index is 13.1. The van der Waals surface area contributed by atoms with Gasteiger partial charge in [0, 0.05) is 23.6 Å². The number of aromatic nitrogens is 1. The number of fused-ring (bicyclic) bond motifs is 1. The Morgan fingerprint density at radius 1 is 1.43 bits per heavy atom. The summed E-state index contributed by atoms with van der Waals surface area (Å²) >= 11 is 0. The zero-order valence-electron chi connectivity index (χ0n) is 11.4. The number of aromatic amines is 1. The van der Waals surface area contributed by atoms with E-state index in [9.17, 15) is 14.0 Å². The summed E-state index contributed by atoms with van der Waals surface area (Å²) in [6.07, 6.45) is 3.30. The summed E-state index contributed by atoms with van der Waals surface area (Å²) in [5.41, 5.74) is 6.78. The first-order valence-corrected chi connectivity index (χ1v) is 6.90. The molecular weight excluding hydrogens is 273 g/mol. The number of benzene rings is 1. The number of carbonyl (C=O) groups is 2. The van der Waals surface area contributed by atoms with E-state index in [0.717, 1.165) is 17.4 Å². The molecule has 1 aromatic heterocycles. The van der Waals surface area contributed by atoms with Crippen molar-refractivity contribution >= 4 is 22.7 Å². The Morgan fingerprint density at radius 3 is 3.00 bits per heavy atom. The molecule has 2 heterocycles. The van der Waals surface area contributed by atoms with Gasteiger partial charge in [0.15, 0.2) is 0 Å². The maximum absolute atomic E-state index is 13.1. The Kier molecular flexibility index (Phi) is 3.37. The first-order valence-electron chi connectivity index (χ1n) is 6.90. The molecule has 0 spiro atoms. The van der Waals surface area contributed by atoms with Gasteiger partial charge in [0.1, 0.15) is 11.9 Å². The summed E-state index contributed by atoms with van der Waals surface area (Å²) in [6.45, 7) is 0.559. The average molecular weight is 289 g/mol. The Hall–Kier alpha value is -2.37. The number of hydrogen-bond donors (Lipinski definition) is 2. The van der Waals surface area contributed by atoms with Crippen LogP contribution in [0, 0.1) is 5.82 Å². The molecule has 5 nitrogen and oxygen atoms in total. The van der Waals surface area contributed by atoms with Crippen LogP contribution in [0.15, 0.2) is 24.4 Å². The van der Waals surface area contributed by atoms with Crippen molar-refractivity contribution in [3.8, 4) is 0 Å². The normalized spacial score (nSPS) is 18.3. The molecule has 0 radical (unpaired) electrons. The topological polar surface area (TPSA) is 79.2 Å². The summed E-state index contributed by atoms with van der Waals surface area (Å²) in [4.78, 5) is 28.2. The van der Waals surface area contributed by atoms with E-state index in [0.29, 0.717) is 18.5 Å². The summed E-state index contributed by atoms with van der Waals surface area (Å²) in [5, 5.41) is 0.819. The van der Waals surface area contributed by atoms with Crippen LogP contribution in [0.4, 0.5) is 4.39 Å². The molecule has 0 unspecified atom stereocenters. The van der Waals surface area contributed by atoms with Gasteiger partial charge in [-0.2, -0.15) is 0 Å². The molecule has 1 aliphatic rings. The van der Waals surface area contributed by atoms with E-state index in [1.54, 1.807) is 17.2 Å². The number of halogens is 1. The van der Waals surface area contributed by atoms with Gasteiger partial charge in [-0.15, -0.1) is 0 Å². The lowest BCUT2D eigenvalue weighted by Crippen LogP contribution is -2.44. The SMILES string of the molecule is NC(=O)[C@H]1CCCN1C(=O)Cc1c[nH]c2cc(F)ccc12. The van der Waals surface area contributed by atoms with Crippen LogP contribution in [0.5, 0.6) is 0 Å². The van der Waals surface area contributed by atoms with Gasteiger partial charge in [-0.3, -0.25) is 9.59 Å². The van der Waals surface area contributed by atoms with Gasteiger partial charge in [0.05, 0.1) is 6.42 Å². The lowest BCUT2D eigenvalue weighted by Gasteiger charge is -2.22. The second kappa shape index (κ2) is 5.20. The third kappa shape index (κ3) is 2.49. The molecule has 1 atom stereocenters. The van der Waals surface area contributed by atoms with Crippen LogP contribution in [0.25, 0.3) is 10.9 Å². The Bertz CT molecular complexity index is 710. The summed E-state index contributed by atoms with van der Waals surface area (Å²) in [6, 6.07) is 3.91. The van der Waals surface area contributed by atoms with E-state index in [1.807, 2.05) is 0 Å². The minimum Gasteiger partial charge on any atom is -0.368 e. The largest absolute Gasteiger partial charge is 0.368 e. The number of hydrogen-bond acceptors (Lipinski definition) is 2. The monoisotopic (exact) mass is 289 g/mol. The van der Waals surface area contributed by atoms with Crippen LogP contribution in [0.1, 0.15) is 18.4 Å². The minimum absolute atomic E-state index is 0.124. The molecule has 1 aliphatic heterocycles. The Morgan fingerprint density at radius 2 is 2.24 bits per heavy atom. The molecule has 21 heavy (non-hydrogen) atoms. The second-order valence-corrected chi connectivity index (χ2v) is 5.33. The molecule has 1 fully saturated rings.